The first kappa shape index (κ1) is 12.4. The monoisotopic (exact) mass is 353 g/mol. The molecule has 0 saturated carbocycles. The van der Waals surface area contributed by atoms with Gasteiger partial charge >= 0.3 is 6.18 Å². The molecule has 1 aromatic carbocycles. The van der Waals surface area contributed by atoms with Gasteiger partial charge in [0, 0.05) is 15.0 Å². The first-order valence-corrected chi connectivity index (χ1v) is 5.78. The van der Waals surface area contributed by atoms with Crippen molar-refractivity contribution >= 4 is 33.5 Å². The molecule has 0 amide bonds. The van der Waals surface area contributed by atoms with Crippen molar-refractivity contribution in [3.05, 3.63) is 43.2 Å². The van der Waals surface area contributed by atoms with Crippen LogP contribution in [0.15, 0.2) is 23.0 Å². The van der Waals surface area contributed by atoms with E-state index in [1.165, 1.54) is 6.07 Å². The molecule has 0 aliphatic rings. The van der Waals surface area contributed by atoms with Crippen molar-refractivity contribution in [3.8, 4) is 0 Å². The number of alkyl halides is 3. The second kappa shape index (κ2) is 4.01. The number of benzene rings is 1. The van der Waals surface area contributed by atoms with Crippen LogP contribution in [0.1, 0.15) is 11.3 Å². The SMILES string of the molecule is Cc1c(I)ccc2c(=O)cc(C(F)(F)F)[nH]c12. The maximum Gasteiger partial charge on any atom is 0.431 e. The normalized spacial score (nSPS) is 12.1. The summed E-state index contributed by atoms with van der Waals surface area (Å²) < 4.78 is 38.5. The van der Waals surface area contributed by atoms with Crippen LogP contribution in [-0.4, -0.2) is 4.98 Å². The molecule has 2 rings (SSSR count). The van der Waals surface area contributed by atoms with E-state index in [2.05, 4.69) is 4.98 Å². The maximum atomic E-state index is 12.6. The van der Waals surface area contributed by atoms with Crippen molar-refractivity contribution in [2.45, 2.75) is 13.1 Å². The Kier molecular flexibility index (Phi) is 2.92. The average molecular weight is 353 g/mol. The van der Waals surface area contributed by atoms with Crippen LogP contribution < -0.4 is 5.43 Å². The number of rotatable bonds is 0. The summed E-state index contributed by atoms with van der Waals surface area (Å²) in [6, 6.07) is 3.83. The van der Waals surface area contributed by atoms with E-state index in [4.69, 9.17) is 0 Å². The molecular weight excluding hydrogens is 346 g/mol. The predicted molar refractivity (Wildman–Crippen MR) is 67.0 cm³/mol. The third-order valence-corrected chi connectivity index (χ3v) is 3.67. The summed E-state index contributed by atoms with van der Waals surface area (Å²) in [4.78, 5) is 13.9. The van der Waals surface area contributed by atoms with Gasteiger partial charge in [0.2, 0.25) is 0 Å². The Hall–Kier alpha value is -1.05. The van der Waals surface area contributed by atoms with Gasteiger partial charge in [-0.15, -0.1) is 0 Å². The van der Waals surface area contributed by atoms with E-state index in [9.17, 15) is 18.0 Å². The quantitative estimate of drug-likeness (QED) is 0.723. The number of hydrogen-bond acceptors (Lipinski definition) is 1. The fraction of sp³-hybridized carbons (Fsp3) is 0.182. The van der Waals surface area contributed by atoms with E-state index >= 15 is 0 Å². The first-order chi connectivity index (χ1) is 7.80. The molecule has 0 unspecified atom stereocenters. The van der Waals surface area contributed by atoms with Crippen LogP contribution in [0.3, 0.4) is 0 Å². The number of halogens is 4. The molecule has 0 spiro atoms. The lowest BCUT2D eigenvalue weighted by molar-refractivity contribution is -0.141. The number of hydrogen-bond donors (Lipinski definition) is 1. The number of pyridine rings is 1. The zero-order valence-corrected chi connectivity index (χ0v) is 10.8. The van der Waals surface area contributed by atoms with E-state index in [-0.39, 0.29) is 10.9 Å². The van der Waals surface area contributed by atoms with E-state index in [0.29, 0.717) is 11.6 Å². The highest BCUT2D eigenvalue weighted by molar-refractivity contribution is 14.1. The second-order valence-corrected chi connectivity index (χ2v) is 4.80. The molecule has 1 aromatic heterocycles. The Bertz CT molecular complexity index is 645. The van der Waals surface area contributed by atoms with Gasteiger partial charge in [-0.2, -0.15) is 13.2 Å². The van der Waals surface area contributed by atoms with Crippen molar-refractivity contribution in [2.75, 3.05) is 0 Å². The molecule has 17 heavy (non-hydrogen) atoms. The number of H-pyrrole nitrogens is 1. The van der Waals surface area contributed by atoms with Gasteiger partial charge in [-0.25, -0.2) is 0 Å². The largest absolute Gasteiger partial charge is 0.431 e. The van der Waals surface area contributed by atoms with Crippen LogP contribution in [0.2, 0.25) is 0 Å². The molecule has 2 nitrogen and oxygen atoms in total. The zero-order valence-electron chi connectivity index (χ0n) is 8.65. The van der Waals surface area contributed by atoms with Gasteiger partial charge < -0.3 is 4.98 Å². The van der Waals surface area contributed by atoms with Crippen molar-refractivity contribution in [2.24, 2.45) is 0 Å². The standard InChI is InChI=1S/C11H7F3INO/c1-5-7(15)3-2-6-8(17)4-9(11(12,13)14)16-10(5)6/h2-4H,1H3,(H,16,17). The fourth-order valence-corrected chi connectivity index (χ4v) is 2.03. The Morgan fingerprint density at radius 1 is 1.29 bits per heavy atom. The molecule has 1 N–H and O–H groups in total. The van der Waals surface area contributed by atoms with E-state index in [1.54, 1.807) is 13.0 Å². The predicted octanol–water partition coefficient (Wildman–Crippen LogP) is 3.46. The Morgan fingerprint density at radius 3 is 2.53 bits per heavy atom. The zero-order chi connectivity index (χ0) is 12.8. The van der Waals surface area contributed by atoms with E-state index < -0.39 is 17.3 Å². The Labute approximate surface area is 108 Å². The fourth-order valence-electron chi connectivity index (χ4n) is 1.58. The summed E-state index contributed by atoms with van der Waals surface area (Å²) >= 11 is 2.01. The molecule has 0 aliphatic carbocycles. The minimum absolute atomic E-state index is 0.247. The van der Waals surface area contributed by atoms with Crippen molar-refractivity contribution in [1.82, 2.24) is 4.98 Å². The topological polar surface area (TPSA) is 32.9 Å². The summed E-state index contributed by atoms with van der Waals surface area (Å²) in [5.41, 5.74) is -0.742. The third kappa shape index (κ3) is 2.18. The van der Waals surface area contributed by atoms with Gasteiger partial charge in [0.25, 0.3) is 0 Å². The molecule has 0 fully saturated rings. The minimum atomic E-state index is -4.54. The first-order valence-electron chi connectivity index (χ1n) is 4.70. The van der Waals surface area contributed by atoms with Gasteiger partial charge in [0.05, 0.1) is 5.52 Å². The lowest BCUT2D eigenvalue weighted by Crippen LogP contribution is -2.14. The summed E-state index contributed by atoms with van der Waals surface area (Å²) in [5.74, 6) is 0. The average Bonchev–Trinajstić information content (AvgIpc) is 2.22. The van der Waals surface area contributed by atoms with Crippen LogP contribution in [0.4, 0.5) is 13.2 Å². The lowest BCUT2D eigenvalue weighted by Gasteiger charge is -2.10. The number of fused-ring (bicyclic) bond motifs is 1. The van der Waals surface area contributed by atoms with Crippen LogP contribution in [0.5, 0.6) is 0 Å². The molecule has 6 heteroatoms. The molecule has 0 atom stereocenters. The van der Waals surface area contributed by atoms with E-state index in [1.807, 2.05) is 22.6 Å². The number of nitrogens with one attached hydrogen (secondary N) is 1. The van der Waals surface area contributed by atoms with Crippen LogP contribution in [0, 0.1) is 10.5 Å². The minimum Gasteiger partial charge on any atom is -0.351 e. The Balaban J connectivity index is 2.89. The molecule has 0 saturated heterocycles. The molecule has 2 aromatic rings. The van der Waals surface area contributed by atoms with Crippen molar-refractivity contribution in [3.63, 3.8) is 0 Å². The summed E-state index contributed by atoms with van der Waals surface area (Å²) in [6.45, 7) is 1.68. The summed E-state index contributed by atoms with van der Waals surface area (Å²) in [5, 5.41) is 0.274. The van der Waals surface area contributed by atoms with Gasteiger partial charge in [-0.1, -0.05) is 0 Å². The molecule has 1 heterocycles. The highest BCUT2D eigenvalue weighted by atomic mass is 127. The van der Waals surface area contributed by atoms with Gasteiger partial charge in [-0.05, 0) is 47.2 Å². The highest BCUT2D eigenvalue weighted by Crippen LogP contribution is 2.29. The molecular formula is C11H7F3INO. The number of aromatic amines is 1. The summed E-state index contributed by atoms with van der Waals surface area (Å²) in [6.07, 6.45) is -4.54. The van der Waals surface area contributed by atoms with Crippen LogP contribution >= 0.6 is 22.6 Å². The van der Waals surface area contributed by atoms with Crippen molar-refractivity contribution < 1.29 is 13.2 Å². The van der Waals surface area contributed by atoms with Gasteiger partial charge in [0.15, 0.2) is 5.43 Å². The molecule has 0 radical (unpaired) electrons. The summed E-state index contributed by atoms with van der Waals surface area (Å²) in [7, 11) is 0. The van der Waals surface area contributed by atoms with E-state index in [0.717, 1.165) is 3.57 Å². The highest BCUT2D eigenvalue weighted by Gasteiger charge is 2.32. The second-order valence-electron chi connectivity index (χ2n) is 3.64. The molecule has 0 bridgehead atoms. The number of aromatic nitrogens is 1. The van der Waals surface area contributed by atoms with Gasteiger partial charge in [0.1, 0.15) is 5.69 Å². The van der Waals surface area contributed by atoms with Crippen LogP contribution in [0.25, 0.3) is 10.9 Å². The van der Waals surface area contributed by atoms with Crippen molar-refractivity contribution in [1.29, 1.82) is 0 Å². The third-order valence-electron chi connectivity index (χ3n) is 2.50. The molecule has 0 aliphatic heterocycles. The number of aryl methyl sites for hydroxylation is 1. The lowest BCUT2D eigenvalue weighted by atomic mass is 10.1. The maximum absolute atomic E-state index is 12.6. The Morgan fingerprint density at radius 2 is 1.94 bits per heavy atom. The molecule has 90 valence electrons. The smallest absolute Gasteiger partial charge is 0.351 e. The van der Waals surface area contributed by atoms with Crippen LogP contribution in [-0.2, 0) is 6.18 Å². The van der Waals surface area contributed by atoms with Gasteiger partial charge in [-0.3, -0.25) is 4.79 Å².